The van der Waals surface area contributed by atoms with E-state index < -0.39 is 15.8 Å². The highest BCUT2D eigenvalue weighted by molar-refractivity contribution is 7.89. The number of sulfonamides is 1. The number of ether oxygens (including phenoxy) is 1. The number of benzene rings is 1. The molecule has 0 aliphatic carbocycles. The SMILES string of the molecule is O=S(=O)(NCCN1CCOCC1)c1cccc(F)c1. The Kier molecular flexibility index (Phi) is 4.87. The molecule has 1 fully saturated rings. The molecule has 2 rings (SSSR count). The molecule has 1 aliphatic rings. The van der Waals surface area contributed by atoms with Crippen LogP contribution in [0.25, 0.3) is 0 Å². The Morgan fingerprint density at radius 3 is 2.74 bits per heavy atom. The molecule has 0 unspecified atom stereocenters. The summed E-state index contributed by atoms with van der Waals surface area (Å²) in [5.74, 6) is -0.559. The van der Waals surface area contributed by atoms with Crippen molar-refractivity contribution in [2.45, 2.75) is 4.90 Å². The van der Waals surface area contributed by atoms with E-state index in [-0.39, 0.29) is 4.90 Å². The van der Waals surface area contributed by atoms with Gasteiger partial charge in [-0.05, 0) is 18.2 Å². The van der Waals surface area contributed by atoms with E-state index in [1.54, 1.807) is 0 Å². The number of nitrogens with one attached hydrogen (secondary N) is 1. The van der Waals surface area contributed by atoms with Crippen LogP contribution in [0.3, 0.4) is 0 Å². The van der Waals surface area contributed by atoms with Gasteiger partial charge in [-0.3, -0.25) is 4.90 Å². The van der Waals surface area contributed by atoms with Crippen LogP contribution >= 0.6 is 0 Å². The van der Waals surface area contributed by atoms with Gasteiger partial charge in [0.05, 0.1) is 18.1 Å². The standard InChI is InChI=1S/C12H17FN2O3S/c13-11-2-1-3-12(10-11)19(16,17)14-4-5-15-6-8-18-9-7-15/h1-3,10,14H,4-9H2. The molecule has 1 saturated heterocycles. The van der Waals surface area contributed by atoms with Crippen molar-refractivity contribution in [1.82, 2.24) is 9.62 Å². The van der Waals surface area contributed by atoms with Gasteiger partial charge >= 0.3 is 0 Å². The minimum Gasteiger partial charge on any atom is -0.379 e. The molecule has 0 radical (unpaired) electrons. The summed E-state index contributed by atoms with van der Waals surface area (Å²) in [5.41, 5.74) is 0. The largest absolute Gasteiger partial charge is 0.379 e. The fourth-order valence-corrected chi connectivity index (χ4v) is 2.93. The van der Waals surface area contributed by atoms with Crippen molar-refractivity contribution in [3.63, 3.8) is 0 Å². The van der Waals surface area contributed by atoms with Crippen LogP contribution < -0.4 is 4.72 Å². The summed E-state index contributed by atoms with van der Waals surface area (Å²) in [4.78, 5) is 2.08. The van der Waals surface area contributed by atoms with Crippen LogP contribution in [-0.4, -0.2) is 52.7 Å². The molecular formula is C12H17FN2O3S. The van der Waals surface area contributed by atoms with Crippen molar-refractivity contribution in [3.05, 3.63) is 30.1 Å². The third-order valence-corrected chi connectivity index (χ3v) is 4.39. The highest BCUT2D eigenvalue weighted by Crippen LogP contribution is 2.09. The summed E-state index contributed by atoms with van der Waals surface area (Å²) in [7, 11) is -3.63. The van der Waals surface area contributed by atoms with Crippen LogP contribution in [-0.2, 0) is 14.8 Å². The summed E-state index contributed by atoms with van der Waals surface area (Å²) in [6.45, 7) is 3.90. The quantitative estimate of drug-likeness (QED) is 0.854. The first-order chi connectivity index (χ1) is 9.08. The minimum atomic E-state index is -3.63. The molecule has 1 aromatic rings. The van der Waals surface area contributed by atoms with Gasteiger partial charge in [-0.15, -0.1) is 0 Å². The maximum Gasteiger partial charge on any atom is 0.240 e. The third kappa shape index (κ3) is 4.24. The Morgan fingerprint density at radius 1 is 1.32 bits per heavy atom. The molecule has 0 spiro atoms. The van der Waals surface area contributed by atoms with Crippen LogP contribution in [0, 0.1) is 5.82 Å². The molecule has 1 aliphatic heterocycles. The second-order valence-electron chi connectivity index (χ2n) is 4.31. The summed E-state index contributed by atoms with van der Waals surface area (Å²) >= 11 is 0. The average molecular weight is 288 g/mol. The van der Waals surface area contributed by atoms with Gasteiger partial charge in [0.1, 0.15) is 5.82 Å². The number of morpholine rings is 1. The van der Waals surface area contributed by atoms with Crippen LogP contribution in [0.15, 0.2) is 29.2 Å². The summed E-state index contributed by atoms with van der Waals surface area (Å²) in [6, 6.07) is 4.98. The van der Waals surface area contributed by atoms with E-state index in [1.165, 1.54) is 18.2 Å². The predicted octanol–water partition coefficient (Wildman–Crippen LogP) is 0.436. The van der Waals surface area contributed by atoms with Crippen LogP contribution in [0.4, 0.5) is 4.39 Å². The maximum absolute atomic E-state index is 13.0. The number of rotatable bonds is 5. The zero-order chi connectivity index (χ0) is 13.7. The fraction of sp³-hybridized carbons (Fsp3) is 0.500. The van der Waals surface area contributed by atoms with Crippen molar-refractivity contribution in [2.75, 3.05) is 39.4 Å². The molecule has 1 N–H and O–H groups in total. The minimum absolute atomic E-state index is 0.0468. The first-order valence-electron chi connectivity index (χ1n) is 6.13. The Balaban J connectivity index is 1.87. The molecule has 0 aromatic heterocycles. The molecule has 0 atom stereocenters. The van der Waals surface area contributed by atoms with E-state index >= 15 is 0 Å². The second-order valence-corrected chi connectivity index (χ2v) is 6.08. The molecule has 0 saturated carbocycles. The first-order valence-corrected chi connectivity index (χ1v) is 7.61. The zero-order valence-corrected chi connectivity index (χ0v) is 11.3. The Labute approximate surface area is 112 Å². The lowest BCUT2D eigenvalue weighted by Crippen LogP contribution is -2.41. The monoisotopic (exact) mass is 288 g/mol. The fourth-order valence-electron chi connectivity index (χ4n) is 1.88. The van der Waals surface area contributed by atoms with Gasteiger partial charge in [0.2, 0.25) is 10.0 Å². The van der Waals surface area contributed by atoms with Gasteiger partial charge in [-0.25, -0.2) is 17.5 Å². The number of nitrogens with zero attached hydrogens (tertiary/aromatic N) is 1. The van der Waals surface area contributed by atoms with Crippen LogP contribution in [0.1, 0.15) is 0 Å². The van der Waals surface area contributed by atoms with Gasteiger partial charge in [-0.2, -0.15) is 0 Å². The zero-order valence-electron chi connectivity index (χ0n) is 10.5. The molecule has 1 heterocycles. The van der Waals surface area contributed by atoms with E-state index in [2.05, 4.69) is 9.62 Å². The summed E-state index contributed by atoms with van der Waals surface area (Å²) < 4.78 is 44.5. The number of halogens is 1. The lowest BCUT2D eigenvalue weighted by Gasteiger charge is -2.26. The molecule has 5 nitrogen and oxygen atoms in total. The lowest BCUT2D eigenvalue weighted by molar-refractivity contribution is 0.0390. The Bertz CT molecular complexity index is 515. The molecular weight excluding hydrogens is 271 g/mol. The van der Waals surface area contributed by atoms with Gasteiger partial charge in [0.15, 0.2) is 0 Å². The van der Waals surface area contributed by atoms with Crippen molar-refractivity contribution < 1.29 is 17.5 Å². The molecule has 106 valence electrons. The molecule has 19 heavy (non-hydrogen) atoms. The molecule has 0 amide bonds. The highest BCUT2D eigenvalue weighted by atomic mass is 32.2. The van der Waals surface area contributed by atoms with E-state index in [0.29, 0.717) is 26.3 Å². The molecule has 1 aromatic carbocycles. The van der Waals surface area contributed by atoms with Crippen molar-refractivity contribution in [1.29, 1.82) is 0 Å². The van der Waals surface area contributed by atoms with Crippen molar-refractivity contribution in [3.8, 4) is 0 Å². The van der Waals surface area contributed by atoms with Crippen molar-refractivity contribution >= 4 is 10.0 Å². The summed E-state index contributed by atoms with van der Waals surface area (Å²) in [6.07, 6.45) is 0. The van der Waals surface area contributed by atoms with E-state index in [1.807, 2.05) is 0 Å². The maximum atomic E-state index is 13.0. The normalized spacial score (nSPS) is 17.5. The van der Waals surface area contributed by atoms with Gasteiger partial charge in [0, 0.05) is 26.2 Å². The molecule has 0 bridgehead atoms. The number of hydrogen-bond donors (Lipinski definition) is 1. The lowest BCUT2D eigenvalue weighted by atomic mass is 10.4. The Morgan fingerprint density at radius 2 is 2.05 bits per heavy atom. The van der Waals surface area contributed by atoms with Gasteiger partial charge < -0.3 is 4.74 Å². The first kappa shape index (κ1) is 14.4. The topological polar surface area (TPSA) is 58.6 Å². The second kappa shape index (κ2) is 6.42. The van der Waals surface area contributed by atoms with E-state index in [9.17, 15) is 12.8 Å². The van der Waals surface area contributed by atoms with Gasteiger partial charge in [-0.1, -0.05) is 6.07 Å². The third-order valence-electron chi connectivity index (χ3n) is 2.93. The van der Waals surface area contributed by atoms with E-state index in [0.717, 1.165) is 19.2 Å². The average Bonchev–Trinajstić information content (AvgIpc) is 2.40. The Hall–Kier alpha value is -1.02. The van der Waals surface area contributed by atoms with Crippen LogP contribution in [0.2, 0.25) is 0 Å². The smallest absolute Gasteiger partial charge is 0.240 e. The molecule has 7 heteroatoms. The van der Waals surface area contributed by atoms with Crippen LogP contribution in [0.5, 0.6) is 0 Å². The van der Waals surface area contributed by atoms with Gasteiger partial charge in [0.25, 0.3) is 0 Å². The predicted molar refractivity (Wildman–Crippen MR) is 68.8 cm³/mol. The highest BCUT2D eigenvalue weighted by Gasteiger charge is 2.15. The van der Waals surface area contributed by atoms with E-state index in [4.69, 9.17) is 4.74 Å². The summed E-state index contributed by atoms with van der Waals surface area (Å²) in [5, 5.41) is 0. The number of hydrogen-bond acceptors (Lipinski definition) is 4. The van der Waals surface area contributed by atoms with Crippen molar-refractivity contribution in [2.24, 2.45) is 0 Å².